The highest BCUT2D eigenvalue weighted by Gasteiger charge is 2.48. The number of hydrogen-bond acceptors (Lipinski definition) is 4. The lowest BCUT2D eigenvalue weighted by molar-refractivity contribution is -0.128. The van der Waals surface area contributed by atoms with E-state index in [0.29, 0.717) is 0 Å². The Morgan fingerprint density at radius 2 is 2.26 bits per heavy atom. The third-order valence-corrected chi connectivity index (χ3v) is 5.54. The summed E-state index contributed by atoms with van der Waals surface area (Å²) in [6.07, 6.45) is 7.07. The third-order valence-electron chi connectivity index (χ3n) is 5.54. The van der Waals surface area contributed by atoms with Gasteiger partial charge in [0.1, 0.15) is 17.8 Å². The van der Waals surface area contributed by atoms with Gasteiger partial charge in [-0.15, -0.1) is 0 Å². The van der Waals surface area contributed by atoms with Gasteiger partial charge in [-0.3, -0.25) is 4.79 Å². The van der Waals surface area contributed by atoms with Crippen molar-refractivity contribution in [2.24, 2.45) is 5.41 Å². The molecule has 2 fully saturated rings. The predicted octanol–water partition coefficient (Wildman–Crippen LogP) is 1.96. The van der Waals surface area contributed by atoms with Gasteiger partial charge in [-0.1, -0.05) is 13.5 Å². The standard InChI is InChI=1S/C17H21N5O/c1-3-14(23)21-8-5-17(2)6-9-22(13(17)10-21)16-12-4-7-18-15(12)19-11-20-16/h3-4,7,11,13H,1,5-6,8-10H2,2H3,(H,18,19,20)/t13-,17-/m0/s1. The Bertz CT molecular complexity index is 769. The maximum Gasteiger partial charge on any atom is 0.246 e. The van der Waals surface area contributed by atoms with Crippen molar-refractivity contribution in [3.05, 3.63) is 31.2 Å². The lowest BCUT2D eigenvalue weighted by Crippen LogP contribution is -2.54. The number of H-pyrrole nitrogens is 1. The maximum atomic E-state index is 12.0. The van der Waals surface area contributed by atoms with Crippen molar-refractivity contribution in [1.29, 1.82) is 0 Å². The summed E-state index contributed by atoms with van der Waals surface area (Å²) < 4.78 is 0. The van der Waals surface area contributed by atoms with Gasteiger partial charge in [-0.25, -0.2) is 9.97 Å². The molecule has 2 aromatic heterocycles. The molecule has 6 heteroatoms. The summed E-state index contributed by atoms with van der Waals surface area (Å²) in [5.74, 6) is 0.992. The van der Waals surface area contributed by atoms with Crippen molar-refractivity contribution in [3.8, 4) is 0 Å². The summed E-state index contributed by atoms with van der Waals surface area (Å²) >= 11 is 0. The highest BCUT2D eigenvalue weighted by Crippen LogP contribution is 2.45. The number of amides is 1. The Morgan fingerprint density at radius 1 is 1.43 bits per heavy atom. The quantitative estimate of drug-likeness (QED) is 0.861. The van der Waals surface area contributed by atoms with Crippen molar-refractivity contribution < 1.29 is 4.79 Å². The number of nitrogens with zero attached hydrogens (tertiary/aromatic N) is 4. The highest BCUT2D eigenvalue weighted by atomic mass is 16.2. The Hall–Kier alpha value is -2.37. The van der Waals surface area contributed by atoms with Crippen LogP contribution in [0.1, 0.15) is 19.8 Å². The first-order valence-electron chi connectivity index (χ1n) is 8.08. The molecule has 0 aliphatic carbocycles. The smallest absolute Gasteiger partial charge is 0.246 e. The Balaban J connectivity index is 1.71. The minimum atomic E-state index is 0.0216. The number of rotatable bonds is 2. The molecule has 4 rings (SSSR count). The van der Waals surface area contributed by atoms with Crippen LogP contribution in [0.25, 0.3) is 11.0 Å². The molecule has 2 aromatic rings. The van der Waals surface area contributed by atoms with Crippen molar-refractivity contribution >= 4 is 22.8 Å². The zero-order valence-corrected chi connectivity index (χ0v) is 13.3. The van der Waals surface area contributed by atoms with E-state index in [1.54, 1.807) is 6.33 Å². The second kappa shape index (κ2) is 5.08. The highest BCUT2D eigenvalue weighted by molar-refractivity contribution is 5.88. The first kappa shape index (κ1) is 14.2. The number of piperidine rings is 1. The molecule has 120 valence electrons. The Labute approximate surface area is 135 Å². The molecule has 2 saturated heterocycles. The van der Waals surface area contributed by atoms with E-state index in [-0.39, 0.29) is 17.4 Å². The summed E-state index contributed by atoms with van der Waals surface area (Å²) in [4.78, 5) is 28.3. The van der Waals surface area contributed by atoms with Gasteiger partial charge in [0.2, 0.25) is 5.91 Å². The van der Waals surface area contributed by atoms with E-state index in [2.05, 4.69) is 33.4 Å². The zero-order valence-electron chi connectivity index (χ0n) is 13.3. The van der Waals surface area contributed by atoms with E-state index >= 15 is 0 Å². The maximum absolute atomic E-state index is 12.0. The SMILES string of the molecule is C=CC(=O)N1CC[C@@]2(C)CCN(c3ncnc4[nH]ccc34)[C@H]2C1. The van der Waals surface area contributed by atoms with Crippen molar-refractivity contribution in [2.45, 2.75) is 25.8 Å². The fourth-order valence-electron chi connectivity index (χ4n) is 4.05. The molecule has 23 heavy (non-hydrogen) atoms. The lowest BCUT2D eigenvalue weighted by Gasteiger charge is -2.44. The van der Waals surface area contributed by atoms with Crippen LogP contribution in [0.5, 0.6) is 0 Å². The van der Waals surface area contributed by atoms with Gasteiger partial charge in [-0.05, 0) is 30.4 Å². The molecule has 1 amide bonds. The van der Waals surface area contributed by atoms with Gasteiger partial charge >= 0.3 is 0 Å². The molecule has 1 N–H and O–H groups in total. The monoisotopic (exact) mass is 311 g/mol. The largest absolute Gasteiger partial charge is 0.351 e. The summed E-state index contributed by atoms with van der Waals surface area (Å²) in [7, 11) is 0. The van der Waals surface area contributed by atoms with Crippen LogP contribution < -0.4 is 4.90 Å². The molecule has 4 heterocycles. The van der Waals surface area contributed by atoms with Gasteiger partial charge in [0.25, 0.3) is 0 Å². The topological polar surface area (TPSA) is 65.1 Å². The second-order valence-corrected chi connectivity index (χ2v) is 6.79. The third kappa shape index (κ3) is 2.12. The summed E-state index contributed by atoms with van der Waals surface area (Å²) in [6, 6.07) is 2.31. The molecular formula is C17H21N5O. The normalized spacial score (nSPS) is 27.3. The van der Waals surface area contributed by atoms with Gasteiger partial charge < -0.3 is 14.8 Å². The molecule has 0 radical (unpaired) electrons. The minimum absolute atomic E-state index is 0.0216. The molecule has 6 nitrogen and oxygen atoms in total. The average Bonchev–Trinajstić information content (AvgIpc) is 3.17. The number of carbonyl (C=O) groups is 1. The number of anilines is 1. The Morgan fingerprint density at radius 3 is 3.09 bits per heavy atom. The predicted molar refractivity (Wildman–Crippen MR) is 89.1 cm³/mol. The fourth-order valence-corrected chi connectivity index (χ4v) is 4.05. The molecule has 2 aliphatic heterocycles. The van der Waals surface area contributed by atoms with E-state index in [9.17, 15) is 4.79 Å². The van der Waals surface area contributed by atoms with E-state index in [0.717, 1.165) is 49.3 Å². The van der Waals surface area contributed by atoms with Crippen LogP contribution in [0.4, 0.5) is 5.82 Å². The van der Waals surface area contributed by atoms with Crippen molar-refractivity contribution in [2.75, 3.05) is 24.5 Å². The number of aromatic nitrogens is 3. The fraction of sp³-hybridized carbons (Fsp3) is 0.471. The van der Waals surface area contributed by atoms with Crippen molar-refractivity contribution in [3.63, 3.8) is 0 Å². The Kier molecular flexibility index (Phi) is 3.14. The van der Waals surface area contributed by atoms with Crippen LogP contribution in [-0.2, 0) is 4.79 Å². The molecule has 0 spiro atoms. The van der Waals surface area contributed by atoms with Gasteiger partial charge in [0, 0.05) is 25.8 Å². The molecule has 0 aromatic carbocycles. The molecule has 0 bridgehead atoms. The van der Waals surface area contributed by atoms with E-state index in [4.69, 9.17) is 0 Å². The van der Waals surface area contributed by atoms with Crippen LogP contribution in [0, 0.1) is 5.41 Å². The second-order valence-electron chi connectivity index (χ2n) is 6.79. The number of fused-ring (bicyclic) bond motifs is 2. The number of nitrogens with one attached hydrogen (secondary N) is 1. The number of aromatic amines is 1. The molecule has 0 saturated carbocycles. The van der Waals surface area contributed by atoms with E-state index < -0.39 is 0 Å². The molecular weight excluding hydrogens is 290 g/mol. The van der Waals surface area contributed by atoms with Crippen LogP contribution in [0.2, 0.25) is 0 Å². The number of likely N-dealkylation sites (tertiary alicyclic amines) is 1. The number of hydrogen-bond donors (Lipinski definition) is 1. The average molecular weight is 311 g/mol. The number of carbonyl (C=O) groups excluding carboxylic acids is 1. The van der Waals surface area contributed by atoms with E-state index in [1.807, 2.05) is 17.2 Å². The minimum Gasteiger partial charge on any atom is -0.351 e. The molecule has 2 atom stereocenters. The first-order valence-corrected chi connectivity index (χ1v) is 8.08. The van der Waals surface area contributed by atoms with Crippen LogP contribution in [-0.4, -0.2) is 51.4 Å². The summed E-state index contributed by atoms with van der Waals surface area (Å²) in [6.45, 7) is 8.47. The summed E-state index contributed by atoms with van der Waals surface area (Å²) in [5.41, 5.74) is 1.09. The van der Waals surface area contributed by atoms with Gasteiger partial charge in [0.15, 0.2) is 0 Å². The summed E-state index contributed by atoms with van der Waals surface area (Å²) in [5, 5.41) is 1.05. The van der Waals surface area contributed by atoms with Crippen molar-refractivity contribution in [1.82, 2.24) is 19.9 Å². The van der Waals surface area contributed by atoms with Crippen LogP contribution >= 0.6 is 0 Å². The first-order chi connectivity index (χ1) is 11.1. The lowest BCUT2D eigenvalue weighted by atomic mass is 9.76. The van der Waals surface area contributed by atoms with Gasteiger partial charge in [-0.2, -0.15) is 0 Å². The zero-order chi connectivity index (χ0) is 16.0. The molecule has 2 aliphatic rings. The van der Waals surface area contributed by atoms with Crippen LogP contribution in [0.15, 0.2) is 31.2 Å². The van der Waals surface area contributed by atoms with Gasteiger partial charge in [0.05, 0.1) is 11.4 Å². The molecule has 0 unspecified atom stereocenters. The van der Waals surface area contributed by atoms with E-state index in [1.165, 1.54) is 6.08 Å². The van der Waals surface area contributed by atoms with Crippen LogP contribution in [0.3, 0.4) is 0 Å².